The van der Waals surface area contributed by atoms with E-state index in [4.69, 9.17) is 9.84 Å². The Bertz CT molecular complexity index is 550. The zero-order valence-electron chi connectivity index (χ0n) is 11.6. The van der Waals surface area contributed by atoms with E-state index < -0.39 is 11.9 Å². The lowest BCUT2D eigenvalue weighted by molar-refractivity contribution is -0.143. The largest absolute Gasteiger partial charge is 0.497 e. The molecule has 114 valence electrons. The second kappa shape index (κ2) is 6.80. The van der Waals surface area contributed by atoms with E-state index in [1.165, 1.54) is 4.90 Å². The third kappa shape index (κ3) is 3.87. The fraction of sp³-hybridized carbons (Fsp3) is 0.429. The Morgan fingerprint density at radius 2 is 2.24 bits per heavy atom. The Hall–Kier alpha value is -1.76. The van der Waals surface area contributed by atoms with Gasteiger partial charge in [-0.05, 0) is 40.9 Å². The number of hydrogen-bond acceptors (Lipinski definition) is 3. The van der Waals surface area contributed by atoms with Crippen LogP contribution in [-0.4, -0.2) is 42.2 Å². The number of carbonyl (C=O) groups is 2. The van der Waals surface area contributed by atoms with Crippen molar-refractivity contribution in [1.29, 1.82) is 0 Å². The Morgan fingerprint density at radius 3 is 2.90 bits per heavy atom. The van der Waals surface area contributed by atoms with Gasteiger partial charge in [0.25, 0.3) is 0 Å². The molecule has 1 fully saturated rings. The molecule has 2 amide bonds. The maximum Gasteiger partial charge on any atom is 0.321 e. The Balaban J connectivity index is 2.05. The summed E-state index contributed by atoms with van der Waals surface area (Å²) in [6, 6.07) is 4.97. The first kappa shape index (κ1) is 15.6. The number of nitrogens with one attached hydrogen (secondary N) is 1. The Labute approximate surface area is 131 Å². The van der Waals surface area contributed by atoms with Gasteiger partial charge in [0.2, 0.25) is 0 Å². The minimum atomic E-state index is -0.852. The molecular formula is C14H17BrN2O4. The number of amides is 2. The van der Waals surface area contributed by atoms with Crippen LogP contribution in [-0.2, 0) is 4.79 Å². The monoisotopic (exact) mass is 356 g/mol. The van der Waals surface area contributed by atoms with Crippen molar-refractivity contribution in [1.82, 2.24) is 4.90 Å². The van der Waals surface area contributed by atoms with E-state index in [0.717, 1.165) is 4.47 Å². The predicted octanol–water partition coefficient (Wildman–Crippen LogP) is 2.79. The van der Waals surface area contributed by atoms with E-state index in [1.54, 1.807) is 25.3 Å². The summed E-state index contributed by atoms with van der Waals surface area (Å²) in [6.45, 7) is 0.806. The molecule has 0 aliphatic carbocycles. The quantitative estimate of drug-likeness (QED) is 0.872. The van der Waals surface area contributed by atoms with Gasteiger partial charge in [0, 0.05) is 23.6 Å². The fourth-order valence-corrected chi connectivity index (χ4v) is 2.63. The van der Waals surface area contributed by atoms with Crippen LogP contribution in [0.5, 0.6) is 5.75 Å². The lowest BCUT2D eigenvalue weighted by Gasteiger charge is -2.30. The van der Waals surface area contributed by atoms with Gasteiger partial charge in [-0.1, -0.05) is 0 Å². The van der Waals surface area contributed by atoms with Gasteiger partial charge >= 0.3 is 12.0 Å². The van der Waals surface area contributed by atoms with Crippen molar-refractivity contribution in [2.45, 2.75) is 12.8 Å². The van der Waals surface area contributed by atoms with Crippen LogP contribution in [0.3, 0.4) is 0 Å². The van der Waals surface area contributed by atoms with Gasteiger partial charge in [-0.2, -0.15) is 0 Å². The van der Waals surface area contributed by atoms with Crippen molar-refractivity contribution < 1.29 is 19.4 Å². The van der Waals surface area contributed by atoms with Crippen molar-refractivity contribution in [2.24, 2.45) is 5.92 Å². The van der Waals surface area contributed by atoms with Gasteiger partial charge in [-0.25, -0.2) is 4.79 Å². The predicted molar refractivity (Wildman–Crippen MR) is 81.6 cm³/mol. The molecular weight excluding hydrogens is 340 g/mol. The molecule has 2 N–H and O–H groups in total. The molecule has 1 aromatic carbocycles. The van der Waals surface area contributed by atoms with E-state index in [0.29, 0.717) is 30.8 Å². The van der Waals surface area contributed by atoms with Crippen LogP contribution in [0.25, 0.3) is 0 Å². The third-order valence-corrected chi connectivity index (χ3v) is 4.16. The van der Waals surface area contributed by atoms with E-state index in [-0.39, 0.29) is 12.6 Å². The summed E-state index contributed by atoms with van der Waals surface area (Å²) in [5.41, 5.74) is 0.594. The number of carboxylic acids is 1. The first-order valence-corrected chi connectivity index (χ1v) is 7.43. The SMILES string of the molecule is COc1ccc(Br)c(NC(=O)N2CCC[C@@H](C(=O)O)C2)c1. The fourth-order valence-electron chi connectivity index (χ4n) is 2.28. The molecule has 7 heteroatoms. The number of benzene rings is 1. The molecule has 1 heterocycles. The smallest absolute Gasteiger partial charge is 0.321 e. The first-order valence-electron chi connectivity index (χ1n) is 6.63. The Morgan fingerprint density at radius 1 is 1.48 bits per heavy atom. The highest BCUT2D eigenvalue weighted by molar-refractivity contribution is 9.10. The summed E-state index contributed by atoms with van der Waals surface area (Å²) < 4.78 is 5.86. The average molecular weight is 357 g/mol. The maximum absolute atomic E-state index is 12.2. The number of urea groups is 1. The minimum Gasteiger partial charge on any atom is -0.497 e. The highest BCUT2D eigenvalue weighted by Crippen LogP contribution is 2.28. The molecule has 21 heavy (non-hydrogen) atoms. The van der Waals surface area contributed by atoms with Gasteiger partial charge in [-0.15, -0.1) is 0 Å². The molecule has 6 nitrogen and oxygen atoms in total. The second-order valence-corrected chi connectivity index (χ2v) is 5.75. The van der Waals surface area contributed by atoms with Crippen molar-refractivity contribution >= 4 is 33.6 Å². The van der Waals surface area contributed by atoms with E-state index >= 15 is 0 Å². The average Bonchev–Trinajstić information content (AvgIpc) is 2.49. The van der Waals surface area contributed by atoms with Crippen LogP contribution in [0.4, 0.5) is 10.5 Å². The third-order valence-electron chi connectivity index (χ3n) is 3.47. The zero-order chi connectivity index (χ0) is 15.4. The second-order valence-electron chi connectivity index (χ2n) is 4.90. The summed E-state index contributed by atoms with van der Waals surface area (Å²) in [4.78, 5) is 24.8. The molecule has 1 aliphatic heterocycles. The number of carbonyl (C=O) groups excluding carboxylic acids is 1. The molecule has 1 aliphatic rings. The van der Waals surface area contributed by atoms with E-state index in [1.807, 2.05) is 0 Å². The van der Waals surface area contributed by atoms with Gasteiger partial charge < -0.3 is 20.1 Å². The number of hydrogen-bond donors (Lipinski definition) is 2. The summed E-state index contributed by atoms with van der Waals surface area (Å²) in [5, 5.41) is 11.8. The minimum absolute atomic E-state index is 0.239. The number of anilines is 1. The lowest BCUT2D eigenvalue weighted by atomic mass is 9.99. The number of likely N-dealkylation sites (tertiary alicyclic amines) is 1. The molecule has 1 saturated heterocycles. The van der Waals surface area contributed by atoms with Gasteiger partial charge in [0.05, 0.1) is 18.7 Å². The zero-order valence-corrected chi connectivity index (χ0v) is 13.2. The number of halogens is 1. The van der Waals surface area contributed by atoms with E-state index in [2.05, 4.69) is 21.2 Å². The molecule has 1 atom stereocenters. The van der Waals surface area contributed by atoms with Crippen LogP contribution in [0.2, 0.25) is 0 Å². The van der Waals surface area contributed by atoms with Gasteiger partial charge in [0.15, 0.2) is 0 Å². The molecule has 0 aromatic heterocycles. The van der Waals surface area contributed by atoms with E-state index in [9.17, 15) is 9.59 Å². The van der Waals surface area contributed by atoms with Crippen LogP contribution in [0.15, 0.2) is 22.7 Å². The molecule has 1 aromatic rings. The van der Waals surface area contributed by atoms with Crippen LogP contribution >= 0.6 is 15.9 Å². The standard InChI is InChI=1S/C14H17BrN2O4/c1-21-10-4-5-11(15)12(7-10)16-14(20)17-6-2-3-9(8-17)13(18)19/h4-5,7,9H,2-3,6,8H2,1H3,(H,16,20)(H,18,19)/t9-/m1/s1. The van der Waals surface area contributed by atoms with Crippen molar-refractivity contribution in [3.63, 3.8) is 0 Å². The highest BCUT2D eigenvalue weighted by Gasteiger charge is 2.28. The Kier molecular flexibility index (Phi) is 5.06. The number of ether oxygens (including phenoxy) is 1. The summed E-state index contributed by atoms with van der Waals surface area (Å²) in [6.07, 6.45) is 1.31. The topological polar surface area (TPSA) is 78.9 Å². The molecule has 0 bridgehead atoms. The molecule has 0 unspecified atom stereocenters. The molecule has 2 rings (SSSR count). The number of nitrogens with zero attached hydrogens (tertiary/aromatic N) is 1. The molecule has 0 spiro atoms. The number of methoxy groups -OCH3 is 1. The first-order chi connectivity index (χ1) is 10.0. The maximum atomic E-state index is 12.2. The molecule has 0 saturated carbocycles. The normalized spacial score (nSPS) is 18.2. The van der Waals surface area contributed by atoms with Crippen molar-refractivity contribution in [3.8, 4) is 5.75 Å². The van der Waals surface area contributed by atoms with Gasteiger partial charge in [-0.3, -0.25) is 4.79 Å². The molecule has 0 radical (unpaired) electrons. The van der Waals surface area contributed by atoms with Crippen LogP contribution < -0.4 is 10.1 Å². The van der Waals surface area contributed by atoms with Crippen LogP contribution in [0, 0.1) is 5.92 Å². The summed E-state index contributed by atoms with van der Waals surface area (Å²) >= 11 is 3.36. The van der Waals surface area contributed by atoms with Crippen molar-refractivity contribution in [2.75, 3.05) is 25.5 Å². The number of rotatable bonds is 3. The van der Waals surface area contributed by atoms with Crippen LogP contribution in [0.1, 0.15) is 12.8 Å². The lowest BCUT2D eigenvalue weighted by Crippen LogP contribution is -2.44. The summed E-state index contributed by atoms with van der Waals surface area (Å²) in [7, 11) is 1.55. The summed E-state index contributed by atoms with van der Waals surface area (Å²) in [5.74, 6) is -0.705. The van der Waals surface area contributed by atoms with Crippen molar-refractivity contribution in [3.05, 3.63) is 22.7 Å². The number of aliphatic carboxylic acids is 1. The number of piperidine rings is 1. The highest BCUT2D eigenvalue weighted by atomic mass is 79.9. The number of carboxylic acid groups (broad SMARTS) is 1. The van der Waals surface area contributed by atoms with Gasteiger partial charge in [0.1, 0.15) is 5.75 Å².